The Morgan fingerprint density at radius 2 is 1.32 bits per heavy atom. The number of fused-ring (bicyclic) bond motifs is 1. The number of ether oxygens (including phenoxy) is 4. The van der Waals surface area contributed by atoms with E-state index in [2.05, 4.69) is 11.9 Å². The number of aromatic hydroxyl groups is 1. The van der Waals surface area contributed by atoms with Gasteiger partial charge >= 0.3 is 35.6 Å². The number of phenols is 1. The third kappa shape index (κ3) is 17.6. The molecular weight excluding hydrogens is 799 g/mol. The summed E-state index contributed by atoms with van der Waals surface area (Å²) in [6, 6.07) is 18.3. The molecule has 1 heterocycles. The predicted molar refractivity (Wildman–Crippen MR) is 233 cm³/mol. The second kappa shape index (κ2) is 26.0. The van der Waals surface area contributed by atoms with E-state index in [9.17, 15) is 39.3 Å². The Morgan fingerprint density at radius 3 is 1.94 bits per heavy atom. The van der Waals surface area contributed by atoms with Crippen LogP contribution >= 0.6 is 0 Å². The molecule has 14 heteroatoms. The van der Waals surface area contributed by atoms with Gasteiger partial charge in [0.2, 0.25) is 6.10 Å². The van der Waals surface area contributed by atoms with Gasteiger partial charge in [-0.2, -0.15) is 4.98 Å². The van der Waals surface area contributed by atoms with Gasteiger partial charge in [-0.15, -0.1) is 0 Å². The minimum atomic E-state index is -2.10. The lowest BCUT2D eigenvalue weighted by Crippen LogP contribution is -2.42. The smallest absolute Gasteiger partial charge is 0.397 e. The van der Waals surface area contributed by atoms with Crippen LogP contribution in [-0.4, -0.2) is 69.1 Å². The van der Waals surface area contributed by atoms with Gasteiger partial charge in [0.15, 0.2) is 6.10 Å². The molecule has 0 bridgehead atoms. The van der Waals surface area contributed by atoms with Crippen LogP contribution in [0.5, 0.6) is 17.6 Å². The van der Waals surface area contributed by atoms with Gasteiger partial charge in [0.05, 0.1) is 30.0 Å². The van der Waals surface area contributed by atoms with Crippen molar-refractivity contribution >= 4 is 46.9 Å². The Bertz CT molecular complexity index is 2160. The summed E-state index contributed by atoms with van der Waals surface area (Å²) in [4.78, 5) is 65.3. The SMILES string of the molecule is CCCCCCCC(CCCCCCCCOc1nc2ccc(C)cc2c(=O)o1)Oc1ccc(/C=C/C(=O)O[C@@H](CC(=O)O)[C@@H](OC(=O)/C=C/c2ccc(O)cc2)C(=O)O)cc1. The molecule has 14 nitrogen and oxygen atoms in total. The normalized spacial score (nSPS) is 12.9. The number of carbonyl (C=O) groups excluding carboxylic acids is 2. The highest BCUT2D eigenvalue weighted by Gasteiger charge is 2.36. The van der Waals surface area contributed by atoms with Gasteiger partial charge in [-0.1, -0.05) is 94.2 Å². The molecule has 0 saturated heterocycles. The van der Waals surface area contributed by atoms with E-state index in [0.29, 0.717) is 34.4 Å². The Morgan fingerprint density at radius 1 is 0.742 bits per heavy atom. The molecule has 0 amide bonds. The van der Waals surface area contributed by atoms with Crippen LogP contribution in [0.4, 0.5) is 0 Å². The molecule has 0 spiro atoms. The minimum Gasteiger partial charge on any atom is -0.508 e. The summed E-state index contributed by atoms with van der Waals surface area (Å²) in [7, 11) is 0. The molecule has 0 aliphatic rings. The van der Waals surface area contributed by atoms with Crippen molar-refractivity contribution < 1.29 is 57.9 Å². The second-order valence-corrected chi connectivity index (χ2v) is 15.1. The number of phenolic OH excluding ortho intramolecular Hbond substituents is 1. The number of hydrogen-bond donors (Lipinski definition) is 3. The number of carboxylic acid groups (broad SMARTS) is 2. The molecule has 332 valence electrons. The van der Waals surface area contributed by atoms with Gasteiger partial charge in [-0.3, -0.25) is 4.79 Å². The van der Waals surface area contributed by atoms with E-state index < -0.39 is 48.1 Å². The molecule has 0 aliphatic carbocycles. The quantitative estimate of drug-likeness (QED) is 0.0276. The molecule has 0 aliphatic heterocycles. The van der Waals surface area contributed by atoms with E-state index in [0.717, 1.165) is 81.9 Å². The standard InChI is InChI=1S/C48H57NO13/c1-3-4-5-8-11-14-37(15-12-9-6-7-10-13-30-58-48-49-40-27-16-33(2)31-39(40)47(57)62-48)59-38-25-19-35(20-26-38)21-28-43(53)60-41(32-42(51)52)45(46(55)56)61-44(54)29-22-34-17-23-36(50)24-18-34/h16-29,31,37,41,45,50H,3-15,30,32H2,1-2H3,(H,51,52)(H,55,56)/b28-21+,29-22+/t37?,41-,45+/m0/s1. The van der Waals surface area contributed by atoms with Crippen molar-refractivity contribution in [1.29, 1.82) is 0 Å². The van der Waals surface area contributed by atoms with Crippen LogP contribution in [0, 0.1) is 6.92 Å². The minimum absolute atomic E-state index is 0.00447. The molecule has 4 rings (SSSR count). The zero-order chi connectivity index (χ0) is 44.7. The Kier molecular flexibility index (Phi) is 20.2. The third-order valence-electron chi connectivity index (χ3n) is 9.91. The summed E-state index contributed by atoms with van der Waals surface area (Å²) in [5.74, 6) is -4.60. The highest BCUT2D eigenvalue weighted by molar-refractivity contribution is 5.90. The van der Waals surface area contributed by atoms with E-state index in [1.165, 1.54) is 55.7 Å². The Balaban J connectivity index is 1.22. The average Bonchev–Trinajstić information content (AvgIpc) is 3.24. The number of aryl methyl sites for hydroxylation is 1. The summed E-state index contributed by atoms with van der Waals surface area (Å²) < 4.78 is 27.4. The molecule has 1 unspecified atom stereocenters. The monoisotopic (exact) mass is 855 g/mol. The molecule has 3 atom stereocenters. The summed E-state index contributed by atoms with van der Waals surface area (Å²) in [5, 5.41) is 29.0. The number of unbranched alkanes of at least 4 members (excludes halogenated alkanes) is 9. The molecule has 3 N–H and O–H groups in total. The third-order valence-corrected chi connectivity index (χ3v) is 9.91. The molecule has 62 heavy (non-hydrogen) atoms. The molecule has 4 aromatic rings. The largest absolute Gasteiger partial charge is 0.508 e. The maximum absolute atomic E-state index is 12.7. The fraction of sp³-hybridized carbons (Fsp3) is 0.417. The van der Waals surface area contributed by atoms with Crippen molar-refractivity contribution in [3.05, 3.63) is 106 Å². The summed E-state index contributed by atoms with van der Waals surface area (Å²) >= 11 is 0. The molecule has 0 saturated carbocycles. The van der Waals surface area contributed by atoms with Crippen LogP contribution in [0.25, 0.3) is 23.1 Å². The number of carboxylic acids is 2. The first-order valence-electron chi connectivity index (χ1n) is 21.2. The van der Waals surface area contributed by atoms with Crippen LogP contribution in [0.1, 0.15) is 114 Å². The fourth-order valence-corrected chi connectivity index (χ4v) is 6.59. The molecule has 0 radical (unpaired) electrons. The number of nitrogens with zero attached hydrogens (tertiary/aromatic N) is 1. The fourth-order valence-electron chi connectivity index (χ4n) is 6.59. The summed E-state index contributed by atoms with van der Waals surface area (Å²) in [5.41, 5.74) is 2.18. The lowest BCUT2D eigenvalue weighted by Gasteiger charge is -2.22. The number of benzene rings is 3. The second-order valence-electron chi connectivity index (χ2n) is 15.1. The van der Waals surface area contributed by atoms with Gasteiger partial charge in [-0.25, -0.2) is 19.2 Å². The van der Waals surface area contributed by atoms with Gasteiger partial charge in [0.25, 0.3) is 0 Å². The average molecular weight is 856 g/mol. The topological polar surface area (TPSA) is 209 Å². The molecular formula is C48H57NO13. The van der Waals surface area contributed by atoms with E-state index in [4.69, 9.17) is 23.4 Å². The van der Waals surface area contributed by atoms with Crippen molar-refractivity contribution in [3.63, 3.8) is 0 Å². The van der Waals surface area contributed by atoms with Gasteiger partial charge in [0, 0.05) is 12.2 Å². The zero-order valence-corrected chi connectivity index (χ0v) is 35.4. The Hall–Kier alpha value is -6.44. The van der Waals surface area contributed by atoms with E-state index in [1.54, 1.807) is 36.4 Å². The lowest BCUT2D eigenvalue weighted by molar-refractivity contribution is -0.177. The van der Waals surface area contributed by atoms with E-state index >= 15 is 0 Å². The van der Waals surface area contributed by atoms with Gasteiger partial charge in [0.1, 0.15) is 11.5 Å². The first kappa shape index (κ1) is 48.2. The van der Waals surface area contributed by atoms with Crippen molar-refractivity contribution in [2.75, 3.05) is 6.61 Å². The number of esters is 2. The van der Waals surface area contributed by atoms with Crippen LogP contribution in [0.15, 0.2) is 88.1 Å². The number of rotatable bonds is 28. The van der Waals surface area contributed by atoms with Crippen LogP contribution in [0.2, 0.25) is 0 Å². The van der Waals surface area contributed by atoms with Crippen molar-refractivity contribution in [1.82, 2.24) is 4.98 Å². The first-order valence-corrected chi connectivity index (χ1v) is 21.2. The maximum atomic E-state index is 12.7. The molecule has 0 fully saturated rings. The summed E-state index contributed by atoms with van der Waals surface area (Å²) in [6.07, 6.45) is 13.6. The zero-order valence-electron chi connectivity index (χ0n) is 35.4. The summed E-state index contributed by atoms with van der Waals surface area (Å²) in [6.45, 7) is 4.51. The Labute approximate surface area is 361 Å². The lowest BCUT2D eigenvalue weighted by atomic mass is 10.0. The highest BCUT2D eigenvalue weighted by Crippen LogP contribution is 2.22. The molecule has 3 aromatic carbocycles. The predicted octanol–water partition coefficient (Wildman–Crippen LogP) is 9.23. The van der Waals surface area contributed by atoms with Crippen molar-refractivity contribution in [2.45, 2.75) is 122 Å². The van der Waals surface area contributed by atoms with Crippen LogP contribution < -0.4 is 15.1 Å². The van der Waals surface area contributed by atoms with Crippen LogP contribution in [0.3, 0.4) is 0 Å². The van der Waals surface area contributed by atoms with Gasteiger partial charge in [-0.05, 0) is 98.7 Å². The number of carbonyl (C=O) groups is 4. The highest BCUT2D eigenvalue weighted by atomic mass is 16.6. The number of aliphatic carboxylic acids is 2. The molecule has 1 aromatic heterocycles. The number of aromatic nitrogens is 1. The van der Waals surface area contributed by atoms with E-state index in [1.807, 2.05) is 13.0 Å². The van der Waals surface area contributed by atoms with E-state index in [-0.39, 0.29) is 17.9 Å². The first-order chi connectivity index (χ1) is 29.9. The van der Waals surface area contributed by atoms with Crippen LogP contribution in [-0.2, 0) is 28.7 Å². The van der Waals surface area contributed by atoms with Gasteiger partial charge < -0.3 is 38.7 Å². The maximum Gasteiger partial charge on any atom is 0.397 e. The number of hydrogen-bond acceptors (Lipinski definition) is 12. The van der Waals surface area contributed by atoms with Crippen molar-refractivity contribution in [3.8, 4) is 17.6 Å². The van der Waals surface area contributed by atoms with Crippen molar-refractivity contribution in [2.24, 2.45) is 0 Å².